The number of aryl methyl sites for hydroxylation is 1. The van der Waals surface area contributed by atoms with Gasteiger partial charge in [-0.05, 0) is 92.3 Å². The van der Waals surface area contributed by atoms with Crippen LogP contribution in [0.4, 0.5) is 10.1 Å². The molecule has 1 fully saturated rings. The van der Waals surface area contributed by atoms with Gasteiger partial charge in [0, 0.05) is 29.0 Å². The minimum atomic E-state index is -0.974. The SMILES string of the molecule is Cc1cc([C@H]2[C@@H](c3ccccn3)NC(=S)N2c2ccc(F)cc2)c(C)n1-c1cccc(C(=O)O)c1. The third kappa shape index (κ3) is 4.06. The topological polar surface area (TPSA) is 70.4 Å². The zero-order chi connectivity index (χ0) is 24.7. The standard InChI is InChI=1S/C27H23FN4O2S/c1-16-14-22(17(2)31(16)21-7-5-6-18(15-21)26(33)34)25-24(23-8-3-4-13-29-23)30-27(35)32(25)20-11-9-19(28)10-12-20/h3-15,24-25H,1-2H3,(H,30,35)(H,33,34)/t24-,25+/m1/s1. The van der Waals surface area contributed by atoms with E-state index in [9.17, 15) is 14.3 Å². The molecule has 6 nitrogen and oxygen atoms in total. The second-order valence-corrected chi connectivity index (χ2v) is 8.88. The molecule has 1 aliphatic heterocycles. The van der Waals surface area contributed by atoms with Crippen LogP contribution in [0.3, 0.4) is 0 Å². The van der Waals surface area contributed by atoms with E-state index in [1.807, 2.05) is 47.6 Å². The lowest BCUT2D eigenvalue weighted by molar-refractivity contribution is 0.0697. The lowest BCUT2D eigenvalue weighted by atomic mass is 9.96. The Morgan fingerprint density at radius 2 is 1.80 bits per heavy atom. The molecule has 0 spiro atoms. The maximum Gasteiger partial charge on any atom is 0.335 e. The van der Waals surface area contributed by atoms with Gasteiger partial charge in [-0.25, -0.2) is 9.18 Å². The van der Waals surface area contributed by atoms with Crippen LogP contribution in [0.1, 0.15) is 45.1 Å². The molecule has 35 heavy (non-hydrogen) atoms. The molecule has 8 heteroatoms. The minimum Gasteiger partial charge on any atom is -0.478 e. The average Bonchev–Trinajstić information content (AvgIpc) is 3.35. The molecule has 0 amide bonds. The zero-order valence-electron chi connectivity index (χ0n) is 19.1. The highest BCUT2D eigenvalue weighted by atomic mass is 32.1. The number of hydrogen-bond donors (Lipinski definition) is 2. The van der Waals surface area contributed by atoms with E-state index >= 15 is 0 Å². The monoisotopic (exact) mass is 486 g/mol. The summed E-state index contributed by atoms with van der Waals surface area (Å²) in [6.07, 6.45) is 1.75. The molecule has 2 atom stereocenters. The first kappa shape index (κ1) is 22.7. The van der Waals surface area contributed by atoms with E-state index in [-0.39, 0.29) is 23.5 Å². The van der Waals surface area contributed by atoms with Crippen molar-refractivity contribution in [2.24, 2.45) is 0 Å². The third-order valence-electron chi connectivity index (χ3n) is 6.34. The Balaban J connectivity index is 1.67. The Hall–Kier alpha value is -4.04. The summed E-state index contributed by atoms with van der Waals surface area (Å²) < 4.78 is 15.8. The molecule has 0 aliphatic carbocycles. The summed E-state index contributed by atoms with van der Waals surface area (Å²) in [6, 6.07) is 20.5. The molecule has 2 aromatic carbocycles. The number of nitrogens with one attached hydrogen (secondary N) is 1. The maximum atomic E-state index is 13.7. The number of aromatic nitrogens is 2. The van der Waals surface area contributed by atoms with Gasteiger partial charge in [0.05, 0.1) is 23.3 Å². The number of halogens is 1. The number of aromatic carboxylic acids is 1. The highest BCUT2D eigenvalue weighted by Gasteiger charge is 2.42. The summed E-state index contributed by atoms with van der Waals surface area (Å²) in [5.74, 6) is -1.29. The molecule has 5 rings (SSSR count). The normalized spacial score (nSPS) is 17.5. The van der Waals surface area contributed by atoms with Crippen molar-refractivity contribution in [1.29, 1.82) is 0 Å². The van der Waals surface area contributed by atoms with E-state index in [0.29, 0.717) is 5.11 Å². The number of anilines is 1. The molecule has 1 aliphatic rings. The summed E-state index contributed by atoms with van der Waals surface area (Å²) >= 11 is 5.75. The number of benzene rings is 2. The smallest absolute Gasteiger partial charge is 0.335 e. The first-order chi connectivity index (χ1) is 16.8. The molecule has 0 unspecified atom stereocenters. The van der Waals surface area contributed by atoms with Crippen molar-refractivity contribution in [3.63, 3.8) is 0 Å². The number of pyridine rings is 1. The van der Waals surface area contributed by atoms with Crippen LogP contribution in [0.15, 0.2) is 79.0 Å². The van der Waals surface area contributed by atoms with Crippen LogP contribution in [-0.4, -0.2) is 25.7 Å². The van der Waals surface area contributed by atoms with Crippen molar-refractivity contribution < 1.29 is 14.3 Å². The van der Waals surface area contributed by atoms with Gasteiger partial charge < -0.3 is 19.9 Å². The van der Waals surface area contributed by atoms with E-state index < -0.39 is 5.97 Å². The van der Waals surface area contributed by atoms with Crippen molar-refractivity contribution in [3.05, 3.63) is 113 Å². The predicted octanol–water partition coefficient (Wildman–Crippen LogP) is 5.50. The Morgan fingerprint density at radius 1 is 1.03 bits per heavy atom. The van der Waals surface area contributed by atoms with Gasteiger partial charge in [0.1, 0.15) is 5.82 Å². The highest BCUT2D eigenvalue weighted by Crippen LogP contribution is 2.43. The van der Waals surface area contributed by atoms with Gasteiger partial charge in [-0.2, -0.15) is 0 Å². The van der Waals surface area contributed by atoms with Crippen LogP contribution in [0.25, 0.3) is 5.69 Å². The third-order valence-corrected chi connectivity index (χ3v) is 6.66. The molecular formula is C27H23FN4O2S. The van der Waals surface area contributed by atoms with Crippen molar-refractivity contribution in [2.75, 3.05) is 4.90 Å². The highest BCUT2D eigenvalue weighted by molar-refractivity contribution is 7.80. The molecule has 3 heterocycles. The Kier molecular flexibility index (Phi) is 5.82. The second kappa shape index (κ2) is 8.96. The van der Waals surface area contributed by atoms with Crippen LogP contribution in [-0.2, 0) is 0 Å². The van der Waals surface area contributed by atoms with Crippen molar-refractivity contribution in [3.8, 4) is 5.69 Å². The van der Waals surface area contributed by atoms with Crippen LogP contribution in [0, 0.1) is 19.7 Å². The van der Waals surface area contributed by atoms with Gasteiger partial charge >= 0.3 is 5.97 Å². The Labute approximate surface area is 207 Å². The summed E-state index contributed by atoms with van der Waals surface area (Å²) in [7, 11) is 0. The largest absolute Gasteiger partial charge is 0.478 e. The molecular weight excluding hydrogens is 463 g/mol. The molecule has 4 aromatic rings. The van der Waals surface area contributed by atoms with Gasteiger partial charge in [-0.1, -0.05) is 12.1 Å². The summed E-state index contributed by atoms with van der Waals surface area (Å²) in [4.78, 5) is 18.1. The molecule has 2 N–H and O–H groups in total. The fraction of sp³-hybridized carbons (Fsp3) is 0.148. The number of nitrogens with zero attached hydrogens (tertiary/aromatic N) is 3. The number of carboxylic acid groups (broad SMARTS) is 1. The number of hydrogen-bond acceptors (Lipinski definition) is 3. The molecule has 0 bridgehead atoms. The fourth-order valence-corrected chi connectivity index (χ4v) is 5.16. The number of carboxylic acids is 1. The average molecular weight is 487 g/mol. The van der Waals surface area contributed by atoms with Crippen molar-refractivity contribution in [2.45, 2.75) is 25.9 Å². The van der Waals surface area contributed by atoms with Gasteiger partial charge in [-0.15, -0.1) is 0 Å². The predicted molar refractivity (Wildman–Crippen MR) is 137 cm³/mol. The molecule has 1 saturated heterocycles. The summed E-state index contributed by atoms with van der Waals surface area (Å²) in [5.41, 5.74) is 5.51. The van der Waals surface area contributed by atoms with Crippen molar-refractivity contribution in [1.82, 2.24) is 14.9 Å². The van der Waals surface area contributed by atoms with Gasteiger partial charge in [0.25, 0.3) is 0 Å². The number of carbonyl (C=O) groups is 1. The quantitative estimate of drug-likeness (QED) is 0.363. The number of thiocarbonyl (C=S) groups is 1. The lowest BCUT2D eigenvalue weighted by Gasteiger charge is -2.28. The van der Waals surface area contributed by atoms with Crippen molar-refractivity contribution >= 4 is 29.0 Å². The zero-order valence-corrected chi connectivity index (χ0v) is 20.0. The van der Waals surface area contributed by atoms with E-state index in [0.717, 1.165) is 34.0 Å². The van der Waals surface area contributed by atoms with Crippen LogP contribution >= 0.6 is 12.2 Å². The molecule has 2 aromatic heterocycles. The van der Waals surface area contributed by atoms with E-state index in [1.165, 1.54) is 12.1 Å². The maximum absolute atomic E-state index is 13.7. The van der Waals surface area contributed by atoms with Gasteiger partial charge in [-0.3, -0.25) is 4.98 Å². The number of rotatable bonds is 5. The van der Waals surface area contributed by atoms with E-state index in [1.54, 1.807) is 36.5 Å². The van der Waals surface area contributed by atoms with Crippen LogP contribution in [0.2, 0.25) is 0 Å². The van der Waals surface area contributed by atoms with Gasteiger partial charge in [0.15, 0.2) is 5.11 Å². The lowest BCUT2D eigenvalue weighted by Crippen LogP contribution is -2.29. The molecule has 0 radical (unpaired) electrons. The summed E-state index contributed by atoms with van der Waals surface area (Å²) in [5, 5.41) is 13.4. The van der Waals surface area contributed by atoms with Gasteiger partial charge in [0.2, 0.25) is 0 Å². The minimum absolute atomic E-state index is 0.222. The molecule has 0 saturated carbocycles. The molecule has 176 valence electrons. The van der Waals surface area contributed by atoms with Crippen LogP contribution in [0.5, 0.6) is 0 Å². The second-order valence-electron chi connectivity index (χ2n) is 8.49. The first-order valence-corrected chi connectivity index (χ1v) is 11.5. The summed E-state index contributed by atoms with van der Waals surface area (Å²) in [6.45, 7) is 4.00. The first-order valence-electron chi connectivity index (χ1n) is 11.1. The van der Waals surface area contributed by atoms with E-state index in [2.05, 4.69) is 16.4 Å². The Morgan fingerprint density at radius 3 is 2.49 bits per heavy atom. The van der Waals surface area contributed by atoms with E-state index in [4.69, 9.17) is 12.2 Å². The Bertz CT molecular complexity index is 1420. The fourth-order valence-electron chi connectivity index (χ4n) is 4.81. The van der Waals surface area contributed by atoms with Crippen LogP contribution < -0.4 is 10.2 Å².